The summed E-state index contributed by atoms with van der Waals surface area (Å²) in [6, 6.07) is 0. The summed E-state index contributed by atoms with van der Waals surface area (Å²) in [6.45, 7) is 2.72. The Balaban J connectivity index is 1.49. The summed E-state index contributed by atoms with van der Waals surface area (Å²) in [7, 11) is 0. The zero-order valence-corrected chi connectivity index (χ0v) is 12.0. The topological polar surface area (TPSA) is 46.3 Å². The van der Waals surface area contributed by atoms with Crippen LogP contribution in [0.4, 0.5) is 0 Å². The van der Waals surface area contributed by atoms with E-state index in [9.17, 15) is 4.79 Å². The minimum atomic E-state index is 0.430. The number of amides is 1. The van der Waals surface area contributed by atoms with Gasteiger partial charge >= 0.3 is 0 Å². The first-order valence-corrected chi connectivity index (χ1v) is 8.24. The van der Waals surface area contributed by atoms with Crippen molar-refractivity contribution < 1.29 is 4.79 Å². The molecule has 1 saturated heterocycles. The number of nitrogens with zero attached hydrogens (tertiary/aromatic N) is 1. The molecule has 3 aliphatic rings. The van der Waals surface area contributed by atoms with E-state index in [2.05, 4.69) is 4.90 Å². The predicted molar refractivity (Wildman–Crippen MR) is 76.5 cm³/mol. The highest BCUT2D eigenvalue weighted by atomic mass is 16.2. The van der Waals surface area contributed by atoms with Crippen LogP contribution in [0.3, 0.4) is 0 Å². The number of hydrogen-bond acceptors (Lipinski definition) is 2. The van der Waals surface area contributed by atoms with E-state index in [1.54, 1.807) is 0 Å². The number of carbonyl (C=O) groups is 1. The Morgan fingerprint density at radius 1 is 1.21 bits per heavy atom. The maximum Gasteiger partial charge on any atom is 0.222 e. The minimum absolute atomic E-state index is 0.430. The van der Waals surface area contributed by atoms with Gasteiger partial charge in [0.2, 0.25) is 5.91 Å². The summed E-state index contributed by atoms with van der Waals surface area (Å²) in [4.78, 5) is 14.6. The zero-order valence-electron chi connectivity index (χ0n) is 12.0. The molecule has 3 nitrogen and oxygen atoms in total. The van der Waals surface area contributed by atoms with E-state index in [4.69, 9.17) is 5.73 Å². The van der Waals surface area contributed by atoms with Crippen molar-refractivity contribution in [3.8, 4) is 0 Å². The average molecular weight is 264 g/mol. The van der Waals surface area contributed by atoms with E-state index >= 15 is 0 Å². The van der Waals surface area contributed by atoms with Crippen LogP contribution < -0.4 is 5.73 Å². The molecule has 3 rings (SSSR count). The third-order valence-electron chi connectivity index (χ3n) is 5.77. The number of hydrogen-bond donors (Lipinski definition) is 1. The lowest BCUT2D eigenvalue weighted by Gasteiger charge is -2.34. The van der Waals surface area contributed by atoms with Crippen molar-refractivity contribution >= 4 is 5.91 Å². The van der Waals surface area contributed by atoms with E-state index in [0.717, 1.165) is 44.3 Å². The van der Waals surface area contributed by atoms with Gasteiger partial charge in [-0.2, -0.15) is 0 Å². The Kier molecular flexibility index (Phi) is 4.11. The average Bonchev–Trinajstić information content (AvgIpc) is 3.02. The molecule has 1 heterocycles. The molecule has 2 aliphatic carbocycles. The number of rotatable bonds is 4. The Bertz CT molecular complexity index is 329. The molecular weight excluding hydrogens is 236 g/mol. The Labute approximate surface area is 116 Å². The van der Waals surface area contributed by atoms with Crippen LogP contribution in [0, 0.1) is 23.7 Å². The molecular formula is C16H28N2O. The standard InChI is InChI=1S/C16H28N2O/c17-6-5-12-2-1-7-18(11-12)16(19)10-15-9-13-3-4-14(15)8-13/h12-15H,1-11,17H2. The lowest BCUT2D eigenvalue weighted by atomic mass is 9.85. The van der Waals surface area contributed by atoms with Gasteiger partial charge in [-0.25, -0.2) is 0 Å². The number of nitrogens with two attached hydrogens (primary N) is 1. The van der Waals surface area contributed by atoms with E-state index in [1.807, 2.05) is 0 Å². The van der Waals surface area contributed by atoms with Crippen LogP contribution in [0.25, 0.3) is 0 Å². The maximum atomic E-state index is 12.5. The second-order valence-corrected chi connectivity index (χ2v) is 7.06. The first-order chi connectivity index (χ1) is 9.26. The van der Waals surface area contributed by atoms with Gasteiger partial charge in [-0.15, -0.1) is 0 Å². The molecule has 4 unspecified atom stereocenters. The lowest BCUT2D eigenvalue weighted by Crippen LogP contribution is -2.41. The van der Waals surface area contributed by atoms with Gasteiger partial charge in [0.15, 0.2) is 0 Å². The van der Waals surface area contributed by atoms with Gasteiger partial charge in [-0.05, 0) is 68.7 Å². The van der Waals surface area contributed by atoms with Crippen LogP contribution in [0.5, 0.6) is 0 Å². The summed E-state index contributed by atoms with van der Waals surface area (Å²) in [6.07, 6.45) is 9.90. The van der Waals surface area contributed by atoms with Gasteiger partial charge in [0, 0.05) is 19.5 Å². The van der Waals surface area contributed by atoms with Crippen LogP contribution in [0.2, 0.25) is 0 Å². The summed E-state index contributed by atoms with van der Waals surface area (Å²) >= 11 is 0. The molecule has 3 fully saturated rings. The van der Waals surface area contributed by atoms with Gasteiger partial charge in [0.25, 0.3) is 0 Å². The molecule has 0 aromatic heterocycles. The predicted octanol–water partition coefficient (Wildman–Crippen LogP) is 2.40. The molecule has 2 saturated carbocycles. The van der Waals surface area contributed by atoms with Crippen molar-refractivity contribution in [2.75, 3.05) is 19.6 Å². The molecule has 19 heavy (non-hydrogen) atoms. The molecule has 1 amide bonds. The van der Waals surface area contributed by atoms with Gasteiger partial charge in [-0.1, -0.05) is 6.42 Å². The molecule has 4 atom stereocenters. The summed E-state index contributed by atoms with van der Waals surface area (Å²) in [5, 5.41) is 0. The molecule has 0 spiro atoms. The van der Waals surface area contributed by atoms with Crippen molar-refractivity contribution in [1.29, 1.82) is 0 Å². The van der Waals surface area contributed by atoms with Gasteiger partial charge in [0.05, 0.1) is 0 Å². The molecule has 3 heteroatoms. The highest BCUT2D eigenvalue weighted by Crippen LogP contribution is 2.49. The second-order valence-electron chi connectivity index (χ2n) is 7.06. The molecule has 0 aromatic rings. The van der Waals surface area contributed by atoms with E-state index in [1.165, 1.54) is 38.5 Å². The number of fused-ring (bicyclic) bond motifs is 2. The van der Waals surface area contributed by atoms with Crippen LogP contribution in [0.1, 0.15) is 51.4 Å². The molecule has 0 radical (unpaired) electrons. The number of carbonyl (C=O) groups excluding carboxylic acids is 1. The number of likely N-dealkylation sites (tertiary alicyclic amines) is 1. The molecule has 1 aliphatic heterocycles. The third kappa shape index (κ3) is 2.96. The smallest absolute Gasteiger partial charge is 0.222 e. The van der Waals surface area contributed by atoms with Crippen molar-refractivity contribution in [3.63, 3.8) is 0 Å². The fourth-order valence-corrected chi connectivity index (χ4v) is 4.74. The fourth-order valence-electron chi connectivity index (χ4n) is 4.74. The van der Waals surface area contributed by atoms with Crippen molar-refractivity contribution in [1.82, 2.24) is 4.90 Å². The molecule has 2 bridgehead atoms. The van der Waals surface area contributed by atoms with E-state index in [-0.39, 0.29) is 0 Å². The van der Waals surface area contributed by atoms with Crippen molar-refractivity contribution in [2.45, 2.75) is 51.4 Å². The van der Waals surface area contributed by atoms with E-state index < -0.39 is 0 Å². The summed E-state index contributed by atoms with van der Waals surface area (Å²) < 4.78 is 0. The normalized spacial score (nSPS) is 37.8. The molecule has 2 N–H and O–H groups in total. The second kappa shape index (κ2) is 5.82. The highest BCUT2D eigenvalue weighted by Gasteiger charge is 2.40. The molecule has 108 valence electrons. The maximum absolute atomic E-state index is 12.5. The van der Waals surface area contributed by atoms with Gasteiger partial charge in [-0.3, -0.25) is 4.79 Å². The Morgan fingerprint density at radius 2 is 2.11 bits per heavy atom. The zero-order chi connectivity index (χ0) is 13.2. The molecule has 0 aromatic carbocycles. The summed E-state index contributed by atoms with van der Waals surface area (Å²) in [5.74, 6) is 3.62. The van der Waals surface area contributed by atoms with Gasteiger partial charge < -0.3 is 10.6 Å². The largest absolute Gasteiger partial charge is 0.342 e. The fraction of sp³-hybridized carbons (Fsp3) is 0.938. The van der Waals surface area contributed by atoms with Crippen LogP contribution in [0.15, 0.2) is 0 Å². The Morgan fingerprint density at radius 3 is 2.79 bits per heavy atom. The van der Waals surface area contributed by atoms with Crippen LogP contribution in [-0.4, -0.2) is 30.4 Å². The van der Waals surface area contributed by atoms with Gasteiger partial charge in [0.1, 0.15) is 0 Å². The van der Waals surface area contributed by atoms with Crippen molar-refractivity contribution in [2.24, 2.45) is 29.4 Å². The SMILES string of the molecule is NCCC1CCCN(C(=O)CC2CC3CCC2C3)C1. The van der Waals surface area contributed by atoms with E-state index in [0.29, 0.717) is 17.7 Å². The van der Waals surface area contributed by atoms with Crippen LogP contribution >= 0.6 is 0 Å². The third-order valence-corrected chi connectivity index (χ3v) is 5.77. The van der Waals surface area contributed by atoms with Crippen molar-refractivity contribution in [3.05, 3.63) is 0 Å². The Hall–Kier alpha value is -0.570. The number of piperidine rings is 1. The monoisotopic (exact) mass is 264 g/mol. The van der Waals surface area contributed by atoms with Crippen LogP contribution in [-0.2, 0) is 4.79 Å². The quantitative estimate of drug-likeness (QED) is 0.847. The highest BCUT2D eigenvalue weighted by molar-refractivity contribution is 5.76. The lowest BCUT2D eigenvalue weighted by molar-refractivity contribution is -0.134. The summed E-state index contributed by atoms with van der Waals surface area (Å²) in [5.41, 5.74) is 5.65. The first kappa shape index (κ1) is 13.4. The first-order valence-electron chi connectivity index (χ1n) is 8.24. The minimum Gasteiger partial charge on any atom is -0.342 e.